The molecule has 1 aromatic heterocycles. The Bertz CT molecular complexity index is 596. The van der Waals surface area contributed by atoms with Gasteiger partial charge in [-0.25, -0.2) is 4.39 Å². The van der Waals surface area contributed by atoms with Crippen molar-refractivity contribution in [2.45, 2.75) is 32.0 Å². The molecule has 1 aliphatic carbocycles. The van der Waals surface area contributed by atoms with Crippen LogP contribution >= 0.6 is 0 Å². The van der Waals surface area contributed by atoms with E-state index < -0.39 is 0 Å². The van der Waals surface area contributed by atoms with E-state index in [2.05, 4.69) is 10.3 Å². The first-order valence-electron chi connectivity index (χ1n) is 7.36. The van der Waals surface area contributed by atoms with Crippen molar-refractivity contribution in [2.24, 2.45) is 0 Å². The molecule has 21 heavy (non-hydrogen) atoms. The monoisotopic (exact) mass is 285 g/mol. The van der Waals surface area contributed by atoms with Crippen LogP contribution in [0.15, 0.2) is 42.6 Å². The summed E-state index contributed by atoms with van der Waals surface area (Å²) in [4.78, 5) is 6.24. The summed E-state index contributed by atoms with van der Waals surface area (Å²) in [6.07, 6.45) is 4.23. The Morgan fingerprint density at radius 1 is 1.24 bits per heavy atom. The van der Waals surface area contributed by atoms with E-state index in [-0.39, 0.29) is 5.82 Å². The van der Waals surface area contributed by atoms with E-state index in [0.717, 1.165) is 11.3 Å². The van der Waals surface area contributed by atoms with Gasteiger partial charge in [0.25, 0.3) is 0 Å². The van der Waals surface area contributed by atoms with Gasteiger partial charge >= 0.3 is 0 Å². The zero-order chi connectivity index (χ0) is 14.7. The van der Waals surface area contributed by atoms with Crippen LogP contribution in [0.3, 0.4) is 0 Å². The molecule has 1 N–H and O–H groups in total. The van der Waals surface area contributed by atoms with Crippen molar-refractivity contribution in [1.29, 1.82) is 0 Å². The molecule has 1 heterocycles. The van der Waals surface area contributed by atoms with Crippen LogP contribution in [0, 0.1) is 5.82 Å². The highest BCUT2D eigenvalue weighted by atomic mass is 19.1. The Morgan fingerprint density at radius 2 is 2.10 bits per heavy atom. The highest BCUT2D eigenvalue weighted by molar-refractivity contribution is 5.54. The van der Waals surface area contributed by atoms with Gasteiger partial charge in [-0.15, -0.1) is 0 Å². The van der Waals surface area contributed by atoms with Gasteiger partial charge in [0.05, 0.1) is 17.9 Å². The van der Waals surface area contributed by atoms with Gasteiger partial charge in [0.1, 0.15) is 5.82 Å². The molecule has 4 heteroatoms. The summed E-state index contributed by atoms with van der Waals surface area (Å²) in [7, 11) is 1.91. The molecular weight excluding hydrogens is 265 g/mol. The van der Waals surface area contributed by atoms with Crippen molar-refractivity contribution in [1.82, 2.24) is 10.3 Å². The van der Waals surface area contributed by atoms with Crippen LogP contribution in [0.1, 0.15) is 24.1 Å². The van der Waals surface area contributed by atoms with Gasteiger partial charge in [0.2, 0.25) is 0 Å². The lowest BCUT2D eigenvalue weighted by Gasteiger charge is -2.23. The van der Waals surface area contributed by atoms with Gasteiger partial charge in [-0.05, 0) is 36.6 Å². The van der Waals surface area contributed by atoms with E-state index in [9.17, 15) is 4.39 Å². The normalized spacial score (nSPS) is 14.2. The van der Waals surface area contributed by atoms with E-state index in [0.29, 0.717) is 24.8 Å². The number of hydrogen-bond acceptors (Lipinski definition) is 3. The maximum Gasteiger partial charge on any atom is 0.146 e. The molecular formula is C17H20FN3. The molecule has 0 aliphatic heterocycles. The molecule has 1 saturated carbocycles. The molecule has 0 atom stereocenters. The van der Waals surface area contributed by atoms with Crippen molar-refractivity contribution in [3.05, 3.63) is 59.7 Å². The van der Waals surface area contributed by atoms with Gasteiger partial charge in [-0.1, -0.05) is 18.2 Å². The van der Waals surface area contributed by atoms with Gasteiger partial charge in [0, 0.05) is 25.8 Å². The van der Waals surface area contributed by atoms with Crippen LogP contribution in [0.5, 0.6) is 0 Å². The Kier molecular flexibility index (Phi) is 4.15. The quantitative estimate of drug-likeness (QED) is 0.884. The van der Waals surface area contributed by atoms with Crippen LogP contribution in [0.4, 0.5) is 10.1 Å². The van der Waals surface area contributed by atoms with E-state index >= 15 is 0 Å². The number of rotatable bonds is 6. The van der Waals surface area contributed by atoms with E-state index in [4.69, 9.17) is 0 Å². The molecule has 1 aromatic carbocycles. The Hall–Kier alpha value is -1.94. The van der Waals surface area contributed by atoms with E-state index in [1.807, 2.05) is 36.2 Å². The summed E-state index contributed by atoms with van der Waals surface area (Å²) in [5.41, 5.74) is 2.60. The third-order valence-corrected chi connectivity index (χ3v) is 3.74. The zero-order valence-electron chi connectivity index (χ0n) is 12.2. The fraction of sp³-hybridized carbons (Fsp3) is 0.353. The first kappa shape index (κ1) is 14.0. The summed E-state index contributed by atoms with van der Waals surface area (Å²) >= 11 is 0. The van der Waals surface area contributed by atoms with Gasteiger partial charge in [-0.3, -0.25) is 4.98 Å². The maximum absolute atomic E-state index is 14.3. The zero-order valence-corrected chi connectivity index (χ0v) is 12.2. The molecule has 0 amide bonds. The predicted octanol–water partition coefficient (Wildman–Crippen LogP) is 3.11. The van der Waals surface area contributed by atoms with E-state index in [1.165, 1.54) is 18.9 Å². The number of aromatic nitrogens is 1. The Labute approximate surface area is 124 Å². The highest BCUT2D eigenvalue weighted by Crippen LogP contribution is 2.26. The lowest BCUT2D eigenvalue weighted by Crippen LogP contribution is -2.23. The number of benzene rings is 1. The fourth-order valence-electron chi connectivity index (χ4n) is 2.49. The Balaban J connectivity index is 1.78. The van der Waals surface area contributed by atoms with Crippen molar-refractivity contribution in [3.8, 4) is 0 Å². The van der Waals surface area contributed by atoms with Gasteiger partial charge in [-0.2, -0.15) is 0 Å². The second kappa shape index (κ2) is 6.22. The van der Waals surface area contributed by atoms with Crippen LogP contribution in [0.25, 0.3) is 0 Å². The minimum atomic E-state index is -0.177. The number of halogens is 1. The number of anilines is 1. The summed E-state index contributed by atoms with van der Waals surface area (Å²) < 4.78 is 14.3. The summed E-state index contributed by atoms with van der Waals surface area (Å²) in [6, 6.07) is 11.7. The second-order valence-corrected chi connectivity index (χ2v) is 5.58. The van der Waals surface area contributed by atoms with Crippen molar-refractivity contribution >= 4 is 5.69 Å². The van der Waals surface area contributed by atoms with E-state index in [1.54, 1.807) is 12.3 Å². The summed E-state index contributed by atoms with van der Waals surface area (Å²) in [6.45, 7) is 1.31. The lowest BCUT2D eigenvalue weighted by atomic mass is 10.1. The minimum absolute atomic E-state index is 0.177. The third-order valence-electron chi connectivity index (χ3n) is 3.74. The lowest BCUT2D eigenvalue weighted by molar-refractivity contribution is 0.613. The topological polar surface area (TPSA) is 28.2 Å². The van der Waals surface area contributed by atoms with Crippen LogP contribution < -0.4 is 10.2 Å². The Morgan fingerprint density at radius 3 is 2.81 bits per heavy atom. The molecule has 110 valence electrons. The largest absolute Gasteiger partial charge is 0.366 e. The molecule has 0 unspecified atom stereocenters. The molecule has 1 fully saturated rings. The average Bonchev–Trinajstić information content (AvgIpc) is 3.30. The summed E-state index contributed by atoms with van der Waals surface area (Å²) in [5, 5.41) is 3.45. The molecule has 3 nitrogen and oxygen atoms in total. The molecule has 2 aromatic rings. The van der Waals surface area contributed by atoms with Gasteiger partial charge in [0.15, 0.2) is 0 Å². The molecule has 0 bridgehead atoms. The molecule has 0 spiro atoms. The molecule has 0 radical (unpaired) electrons. The smallest absolute Gasteiger partial charge is 0.146 e. The molecule has 3 rings (SSSR count). The van der Waals surface area contributed by atoms with Crippen molar-refractivity contribution in [3.63, 3.8) is 0 Å². The highest BCUT2D eigenvalue weighted by Gasteiger charge is 2.21. The van der Waals surface area contributed by atoms with Crippen LogP contribution in [-0.2, 0) is 13.1 Å². The first-order chi connectivity index (χ1) is 10.2. The maximum atomic E-state index is 14.3. The van der Waals surface area contributed by atoms with Crippen LogP contribution in [0.2, 0.25) is 0 Å². The number of nitrogens with zero attached hydrogens (tertiary/aromatic N) is 2. The van der Waals surface area contributed by atoms with Crippen LogP contribution in [-0.4, -0.2) is 18.1 Å². The summed E-state index contributed by atoms with van der Waals surface area (Å²) in [5.74, 6) is -0.177. The number of hydrogen-bond donors (Lipinski definition) is 1. The SMILES string of the molecule is CN(Cc1ccccn1)c1c(F)cccc1CNC1CC1. The number of nitrogens with one attached hydrogen (secondary N) is 1. The molecule has 0 saturated heterocycles. The van der Waals surface area contributed by atoms with Crippen molar-refractivity contribution < 1.29 is 4.39 Å². The average molecular weight is 285 g/mol. The third kappa shape index (κ3) is 3.58. The minimum Gasteiger partial charge on any atom is -0.366 e. The first-order valence-corrected chi connectivity index (χ1v) is 7.36. The van der Waals surface area contributed by atoms with Crippen molar-refractivity contribution in [2.75, 3.05) is 11.9 Å². The standard InChI is InChI=1S/C17H20FN3/c1-21(12-15-6-2-3-10-19-15)17-13(5-4-7-16(17)18)11-20-14-8-9-14/h2-7,10,14,20H,8-9,11-12H2,1H3. The fourth-order valence-corrected chi connectivity index (χ4v) is 2.49. The number of para-hydroxylation sites is 1. The number of pyridine rings is 1. The predicted molar refractivity (Wildman–Crippen MR) is 82.6 cm³/mol. The van der Waals surface area contributed by atoms with Gasteiger partial charge < -0.3 is 10.2 Å². The molecule has 1 aliphatic rings. The second-order valence-electron chi connectivity index (χ2n) is 5.58.